The van der Waals surface area contributed by atoms with Gasteiger partial charge < -0.3 is 98.8 Å². The maximum Gasteiger partial charge on any atom is 0.249 e. The second-order valence-electron chi connectivity index (χ2n) is 12.2. The van der Waals surface area contributed by atoms with Crippen molar-refractivity contribution in [1.29, 1.82) is 0 Å². The molecule has 0 bridgehead atoms. The van der Waals surface area contributed by atoms with E-state index in [1.165, 1.54) is 0 Å². The van der Waals surface area contributed by atoms with Crippen molar-refractivity contribution in [2.75, 3.05) is 26.2 Å². The van der Waals surface area contributed by atoms with E-state index in [1.54, 1.807) is 6.08 Å². The van der Waals surface area contributed by atoms with Crippen molar-refractivity contribution in [3.05, 3.63) is 11.8 Å². The molecule has 17 atom stereocenters. The van der Waals surface area contributed by atoms with Crippen molar-refractivity contribution in [2.45, 2.75) is 123 Å². The van der Waals surface area contributed by atoms with Crippen LogP contribution in [0.3, 0.4) is 0 Å². The first-order valence-corrected chi connectivity index (χ1v) is 15.7. The third kappa shape index (κ3) is 8.56. The summed E-state index contributed by atoms with van der Waals surface area (Å²) in [5.74, 6) is -0.367. The molecule has 20 nitrogen and oxygen atoms in total. The Labute approximate surface area is 271 Å². The monoisotopic (exact) mass is 681 g/mol. The van der Waals surface area contributed by atoms with E-state index in [9.17, 15) is 35.4 Å². The fraction of sp³-hybridized carbons (Fsp3) is 0.889. The molecule has 3 fully saturated rings. The van der Waals surface area contributed by atoms with Gasteiger partial charge in [-0.1, -0.05) is 0 Å². The van der Waals surface area contributed by atoms with Crippen LogP contribution >= 0.6 is 0 Å². The minimum absolute atomic E-state index is 0.0251. The van der Waals surface area contributed by atoms with Crippen LogP contribution < -0.4 is 39.7 Å². The van der Waals surface area contributed by atoms with Gasteiger partial charge in [0.1, 0.15) is 66.8 Å². The van der Waals surface area contributed by atoms with Crippen LogP contribution in [-0.4, -0.2) is 167 Å². The third-order valence-corrected chi connectivity index (χ3v) is 8.85. The molecule has 0 spiro atoms. The number of hydrogen-bond acceptors (Lipinski definition) is 19. The number of ether oxygens (including phenoxy) is 6. The molecule has 3 heterocycles. The van der Waals surface area contributed by atoms with Gasteiger partial charge >= 0.3 is 0 Å². The predicted octanol–water partition coefficient (Wildman–Crippen LogP) is -7.84. The van der Waals surface area contributed by atoms with Crippen LogP contribution in [0, 0.1) is 0 Å². The predicted molar refractivity (Wildman–Crippen MR) is 159 cm³/mol. The van der Waals surface area contributed by atoms with Gasteiger partial charge in [0.25, 0.3) is 0 Å². The summed E-state index contributed by atoms with van der Waals surface area (Å²) in [6.07, 6.45) is -15.6. The van der Waals surface area contributed by atoms with Gasteiger partial charge in [0, 0.05) is 12.6 Å². The molecule has 2 saturated heterocycles. The van der Waals surface area contributed by atoms with Crippen LogP contribution in [0.5, 0.6) is 0 Å². The van der Waals surface area contributed by atoms with E-state index in [0.29, 0.717) is 12.2 Å². The van der Waals surface area contributed by atoms with E-state index < -0.39 is 117 Å². The molecule has 1 amide bonds. The number of aliphatic hydroxyl groups is 6. The summed E-state index contributed by atoms with van der Waals surface area (Å²) >= 11 is 0. The van der Waals surface area contributed by atoms with Gasteiger partial charge in [-0.05, 0) is 31.9 Å². The molecule has 19 N–H and O–H groups in total. The Kier molecular flexibility index (Phi) is 13.7. The zero-order valence-electron chi connectivity index (χ0n) is 25.8. The van der Waals surface area contributed by atoms with Crippen LogP contribution in [0.4, 0.5) is 0 Å². The van der Waals surface area contributed by atoms with Gasteiger partial charge in [-0.2, -0.15) is 0 Å². The highest BCUT2D eigenvalue weighted by Gasteiger charge is 2.54. The van der Waals surface area contributed by atoms with E-state index in [2.05, 4.69) is 5.32 Å². The average Bonchev–Trinajstić information content (AvgIpc) is 3.35. The summed E-state index contributed by atoms with van der Waals surface area (Å²) in [7, 11) is 0. The fourth-order valence-electron chi connectivity index (χ4n) is 6.07. The minimum Gasteiger partial charge on any atom is -0.467 e. The van der Waals surface area contributed by atoms with Crippen molar-refractivity contribution in [2.24, 2.45) is 34.4 Å². The number of aliphatic hydroxyl groups excluding tert-OH is 6. The van der Waals surface area contributed by atoms with Gasteiger partial charge in [-0.15, -0.1) is 0 Å². The van der Waals surface area contributed by atoms with Crippen LogP contribution in [0.2, 0.25) is 0 Å². The molecule has 1 saturated carbocycles. The molecule has 1 aliphatic carbocycles. The summed E-state index contributed by atoms with van der Waals surface area (Å²) in [6.45, 7) is -0.728. The topological polar surface area (TPSA) is 362 Å². The lowest BCUT2D eigenvalue weighted by atomic mass is 9.83. The molecule has 0 aromatic heterocycles. The lowest BCUT2D eigenvalue weighted by Gasteiger charge is -2.46. The Morgan fingerprint density at radius 2 is 1.53 bits per heavy atom. The van der Waals surface area contributed by atoms with Gasteiger partial charge in [0.05, 0.1) is 31.3 Å². The SMILES string of the molecule is NCC[C@H](O)C(=O)N[C@@H]1C[C@H](N)[C@@H](O[C@H]2OC(CN)=CC[C@H]2N)[C@H](O[C@@H]2O[C@H](CO)[C@@H](O[C@H]3O[C@@H](CN)[C@@H](O)[C@H](O)[C@H]3N)[C@H]2O)[C@H]1O. The van der Waals surface area contributed by atoms with Crippen LogP contribution in [-0.2, 0) is 33.2 Å². The van der Waals surface area contributed by atoms with Crippen molar-refractivity contribution >= 4 is 5.91 Å². The van der Waals surface area contributed by atoms with E-state index in [0.717, 1.165) is 0 Å². The Morgan fingerprint density at radius 3 is 2.17 bits per heavy atom. The Hall–Kier alpha value is -1.67. The molecule has 0 radical (unpaired) electrons. The van der Waals surface area contributed by atoms with Gasteiger partial charge in [-0.25, -0.2) is 0 Å². The zero-order valence-corrected chi connectivity index (χ0v) is 25.8. The summed E-state index contributed by atoms with van der Waals surface area (Å²) in [6, 6.07) is -3.88. The number of rotatable bonds is 13. The quantitative estimate of drug-likeness (QED) is 0.0858. The summed E-state index contributed by atoms with van der Waals surface area (Å²) < 4.78 is 35.3. The highest BCUT2D eigenvalue weighted by Crippen LogP contribution is 2.34. The molecule has 3 aliphatic heterocycles. The highest BCUT2D eigenvalue weighted by atomic mass is 16.8. The van der Waals surface area contributed by atoms with E-state index >= 15 is 0 Å². The van der Waals surface area contributed by atoms with Crippen molar-refractivity contribution in [3.63, 3.8) is 0 Å². The van der Waals surface area contributed by atoms with Crippen LogP contribution in [0.15, 0.2) is 11.8 Å². The molecule has 20 heteroatoms. The second kappa shape index (κ2) is 16.8. The molecule has 0 aromatic rings. The first-order valence-electron chi connectivity index (χ1n) is 15.7. The number of carbonyl (C=O) groups excluding carboxylic acids is 1. The number of carbonyl (C=O) groups is 1. The lowest BCUT2D eigenvalue weighted by Crippen LogP contribution is -2.67. The van der Waals surface area contributed by atoms with E-state index in [4.69, 9.17) is 62.8 Å². The molecule has 4 rings (SSSR count). The van der Waals surface area contributed by atoms with E-state index in [1.807, 2.05) is 0 Å². The molecule has 47 heavy (non-hydrogen) atoms. The van der Waals surface area contributed by atoms with Crippen molar-refractivity contribution < 1.29 is 63.9 Å². The molecule has 0 aromatic carbocycles. The Bertz CT molecular complexity index is 1050. The number of nitrogens with one attached hydrogen (secondary N) is 1. The number of nitrogens with two attached hydrogens (primary N) is 6. The summed E-state index contributed by atoms with van der Waals surface area (Å²) in [5.41, 5.74) is 35.6. The molecular formula is C27H51N7O13. The number of hydrogen-bond donors (Lipinski definition) is 13. The maximum atomic E-state index is 12.6. The van der Waals surface area contributed by atoms with Crippen molar-refractivity contribution in [1.82, 2.24) is 5.32 Å². The Balaban J connectivity index is 1.55. The normalized spacial score (nSPS) is 44.8. The second-order valence-corrected chi connectivity index (χ2v) is 12.2. The standard InChI is InChI=1S/C27H51N7O13/c28-4-3-13(36)24(41)34-12-5-11(32)21(45-25-10(31)2-1-9(6-29)42-25)23(17(12)37)47-27-20(40)22(15(8-35)44-27)46-26-16(33)19(39)18(38)14(7-30)43-26/h1,10-23,25-27,35-40H,2-8,28-33H2,(H,34,41)/t10-,11+,12-,13+,14+,15-,16-,17+,18-,19-,20-,21-,22-,23-,25-,26-,27+/m1/s1. The van der Waals surface area contributed by atoms with Crippen LogP contribution in [0.25, 0.3) is 0 Å². The molecular weight excluding hydrogens is 630 g/mol. The lowest BCUT2D eigenvalue weighted by molar-refractivity contribution is -0.282. The molecule has 4 aliphatic rings. The smallest absolute Gasteiger partial charge is 0.249 e. The third-order valence-electron chi connectivity index (χ3n) is 8.85. The van der Waals surface area contributed by atoms with E-state index in [-0.39, 0.29) is 32.5 Å². The zero-order chi connectivity index (χ0) is 34.6. The Morgan fingerprint density at radius 1 is 0.872 bits per heavy atom. The van der Waals surface area contributed by atoms with Crippen molar-refractivity contribution in [3.8, 4) is 0 Å². The van der Waals surface area contributed by atoms with Gasteiger partial charge in [0.15, 0.2) is 12.6 Å². The van der Waals surface area contributed by atoms with Gasteiger partial charge in [-0.3, -0.25) is 4.79 Å². The first-order chi connectivity index (χ1) is 22.3. The summed E-state index contributed by atoms with van der Waals surface area (Å²) in [5, 5.41) is 66.1. The maximum absolute atomic E-state index is 12.6. The first kappa shape index (κ1) is 38.1. The summed E-state index contributed by atoms with van der Waals surface area (Å²) in [4.78, 5) is 12.6. The highest BCUT2D eigenvalue weighted by molar-refractivity contribution is 5.80. The number of amides is 1. The minimum atomic E-state index is -1.64. The van der Waals surface area contributed by atoms with Gasteiger partial charge in [0.2, 0.25) is 12.2 Å². The average molecular weight is 682 g/mol. The molecule has 0 unspecified atom stereocenters. The molecule has 272 valence electrons. The van der Waals surface area contributed by atoms with Crippen LogP contribution in [0.1, 0.15) is 19.3 Å². The largest absolute Gasteiger partial charge is 0.467 e. The fourth-order valence-corrected chi connectivity index (χ4v) is 6.07.